The number of carbonyl (C=O) groups excluding carboxylic acids is 2. The van der Waals surface area contributed by atoms with E-state index in [0.717, 1.165) is 13.8 Å². The summed E-state index contributed by atoms with van der Waals surface area (Å²) in [4.78, 5) is 44.8. The highest BCUT2D eigenvalue weighted by Crippen LogP contribution is 2.36. The van der Waals surface area contributed by atoms with Crippen LogP contribution >= 0.6 is 0 Å². The van der Waals surface area contributed by atoms with E-state index in [1.165, 1.54) is 0 Å². The Kier molecular flexibility index (Phi) is 3.93. The molecule has 2 heterocycles. The van der Waals surface area contributed by atoms with Crippen LogP contribution in [-0.4, -0.2) is 44.8 Å². The Morgan fingerprint density at radius 2 is 1.35 bits per heavy atom. The van der Waals surface area contributed by atoms with Crippen molar-refractivity contribution >= 4 is 23.6 Å². The molecular formula is C8H8N6O9. The van der Waals surface area contributed by atoms with Crippen molar-refractivity contribution in [1.82, 2.24) is 10.3 Å². The fraction of sp³-hybridized carbons (Fsp3) is 0.500. The third-order valence-electron chi connectivity index (χ3n) is 2.54. The van der Waals surface area contributed by atoms with E-state index in [1.807, 2.05) is 0 Å². The summed E-state index contributed by atoms with van der Waals surface area (Å²) in [5.74, 6) is -3.41. The van der Waals surface area contributed by atoms with E-state index >= 15 is 0 Å². The quantitative estimate of drug-likeness (QED) is 0.366. The van der Waals surface area contributed by atoms with Crippen LogP contribution in [0.3, 0.4) is 0 Å². The number of nitro groups is 2. The molecule has 124 valence electrons. The molecule has 0 aromatic carbocycles. The maximum Gasteiger partial charge on any atom is 0.304 e. The average Bonchev–Trinajstić information content (AvgIpc) is 2.85. The molecule has 2 rings (SSSR count). The van der Waals surface area contributed by atoms with Crippen molar-refractivity contribution in [3.63, 3.8) is 0 Å². The summed E-state index contributed by atoms with van der Waals surface area (Å²) in [6, 6.07) is 0. The highest BCUT2D eigenvalue weighted by atomic mass is 16.7. The minimum atomic E-state index is -1.99. The normalized spacial score (nSPS) is 19.7. The Balaban J connectivity index is 2.62. The molecule has 0 N–H and O–H groups in total. The van der Waals surface area contributed by atoms with Gasteiger partial charge in [-0.25, -0.2) is 24.9 Å². The van der Waals surface area contributed by atoms with Gasteiger partial charge in [-0.05, 0) is 20.3 Å². The number of fused-ring (bicyclic) bond motifs is 1. The third kappa shape index (κ3) is 2.78. The molecule has 15 nitrogen and oxygen atoms in total. The highest BCUT2D eigenvalue weighted by molar-refractivity contribution is 5.70. The van der Waals surface area contributed by atoms with Crippen LogP contribution in [0.5, 0.6) is 0 Å². The Bertz CT molecular complexity index is 618. The molecule has 0 saturated heterocycles. The van der Waals surface area contributed by atoms with Gasteiger partial charge in [-0.1, -0.05) is 0 Å². The Morgan fingerprint density at radius 3 is 1.61 bits per heavy atom. The zero-order valence-electron chi connectivity index (χ0n) is 11.5. The lowest BCUT2D eigenvalue weighted by molar-refractivity contribution is -0.535. The first kappa shape index (κ1) is 15.9. The van der Waals surface area contributed by atoms with E-state index in [9.17, 15) is 29.8 Å². The van der Waals surface area contributed by atoms with Crippen LogP contribution in [0.15, 0.2) is 4.63 Å². The number of anilines is 2. The van der Waals surface area contributed by atoms with E-state index in [4.69, 9.17) is 9.47 Å². The summed E-state index contributed by atoms with van der Waals surface area (Å²) in [5.41, 5.74) is 0. The Morgan fingerprint density at radius 1 is 1.00 bits per heavy atom. The van der Waals surface area contributed by atoms with Crippen LogP contribution in [0, 0.1) is 20.2 Å². The van der Waals surface area contributed by atoms with Crippen molar-refractivity contribution in [1.29, 1.82) is 0 Å². The lowest BCUT2D eigenvalue weighted by Gasteiger charge is -2.33. The second kappa shape index (κ2) is 5.70. The smallest absolute Gasteiger partial charge is 0.304 e. The lowest BCUT2D eigenvalue weighted by Crippen LogP contribution is -2.62. The van der Waals surface area contributed by atoms with Gasteiger partial charge in [0, 0.05) is 13.8 Å². The molecule has 2 unspecified atom stereocenters. The zero-order valence-corrected chi connectivity index (χ0v) is 11.5. The van der Waals surface area contributed by atoms with Crippen LogP contribution in [0.2, 0.25) is 0 Å². The summed E-state index contributed by atoms with van der Waals surface area (Å²) in [7, 11) is 0. The number of ether oxygens (including phenoxy) is 2. The van der Waals surface area contributed by atoms with E-state index in [0.29, 0.717) is 0 Å². The minimum absolute atomic E-state index is 0.140. The van der Waals surface area contributed by atoms with Crippen LogP contribution in [0.4, 0.5) is 11.6 Å². The van der Waals surface area contributed by atoms with Gasteiger partial charge in [-0.15, -0.1) is 0 Å². The van der Waals surface area contributed by atoms with Crippen LogP contribution in [0.1, 0.15) is 13.8 Å². The predicted molar refractivity (Wildman–Crippen MR) is 64.4 cm³/mol. The standard InChI is InChI=1S/C8H8N6O9/c1-3(15)21-7-8(22-4(2)16)12(14(19)20)6-5(9-23-10-6)11(7)13(17)18/h7-8H,1-2H3. The molecule has 0 radical (unpaired) electrons. The second-order valence-electron chi connectivity index (χ2n) is 4.08. The minimum Gasteiger partial charge on any atom is -0.429 e. The summed E-state index contributed by atoms with van der Waals surface area (Å²) < 4.78 is 13.7. The van der Waals surface area contributed by atoms with Gasteiger partial charge in [0.2, 0.25) is 0 Å². The van der Waals surface area contributed by atoms with E-state index in [1.54, 1.807) is 0 Å². The number of esters is 2. The zero-order chi connectivity index (χ0) is 17.3. The van der Waals surface area contributed by atoms with Crippen molar-refractivity contribution in [2.75, 3.05) is 10.0 Å². The first-order chi connectivity index (χ1) is 10.7. The van der Waals surface area contributed by atoms with Crippen LogP contribution in [0.25, 0.3) is 0 Å². The van der Waals surface area contributed by atoms with Gasteiger partial charge in [0.05, 0.1) is 0 Å². The second-order valence-corrected chi connectivity index (χ2v) is 4.08. The number of carbonyl (C=O) groups is 2. The van der Waals surface area contributed by atoms with E-state index < -0.39 is 46.1 Å². The summed E-state index contributed by atoms with van der Waals surface area (Å²) in [6.07, 6.45) is -3.98. The number of nitrogens with zero attached hydrogens (tertiary/aromatic N) is 6. The van der Waals surface area contributed by atoms with Gasteiger partial charge in [0.15, 0.2) is 10.1 Å². The number of rotatable bonds is 4. The van der Waals surface area contributed by atoms with Gasteiger partial charge in [-0.3, -0.25) is 9.59 Å². The van der Waals surface area contributed by atoms with Crippen molar-refractivity contribution in [3.05, 3.63) is 20.2 Å². The topological polar surface area (TPSA) is 184 Å². The lowest BCUT2D eigenvalue weighted by atomic mass is 10.3. The molecule has 1 aliphatic rings. The van der Waals surface area contributed by atoms with Gasteiger partial charge >= 0.3 is 11.9 Å². The maximum absolute atomic E-state index is 11.2. The Hall–Kier alpha value is -3.52. The fourth-order valence-corrected chi connectivity index (χ4v) is 1.85. The third-order valence-corrected chi connectivity index (χ3v) is 2.54. The summed E-state index contributed by atoms with van der Waals surface area (Å²) >= 11 is 0. The Labute approximate surface area is 125 Å². The summed E-state index contributed by atoms with van der Waals surface area (Å²) in [5, 5.41) is 26.9. The molecule has 1 aromatic heterocycles. The van der Waals surface area contributed by atoms with Crippen molar-refractivity contribution in [3.8, 4) is 0 Å². The molecule has 23 heavy (non-hydrogen) atoms. The van der Waals surface area contributed by atoms with Crippen molar-refractivity contribution in [2.45, 2.75) is 26.3 Å². The van der Waals surface area contributed by atoms with Crippen LogP contribution < -0.4 is 10.0 Å². The largest absolute Gasteiger partial charge is 0.429 e. The molecule has 2 atom stereocenters. The molecule has 0 amide bonds. The molecule has 0 aliphatic carbocycles. The van der Waals surface area contributed by atoms with E-state index in [2.05, 4.69) is 14.9 Å². The van der Waals surface area contributed by atoms with Gasteiger partial charge in [-0.2, -0.15) is 0 Å². The predicted octanol–water partition coefficient (Wildman–Crippen LogP) is -1.14. The van der Waals surface area contributed by atoms with Crippen molar-refractivity contribution < 1.29 is 33.8 Å². The summed E-state index contributed by atoms with van der Waals surface area (Å²) in [6.45, 7) is 1.83. The number of hydrogen-bond acceptors (Lipinski definition) is 11. The SMILES string of the molecule is CC(=O)OC1C(OC(C)=O)N([N+](=O)[O-])c2nonc2N1[N+](=O)[O-]. The van der Waals surface area contributed by atoms with Gasteiger partial charge in [0.25, 0.3) is 24.1 Å². The molecule has 0 fully saturated rings. The number of hydrogen-bond donors (Lipinski definition) is 0. The monoisotopic (exact) mass is 332 g/mol. The van der Waals surface area contributed by atoms with E-state index in [-0.39, 0.29) is 10.0 Å². The molecule has 0 bridgehead atoms. The fourth-order valence-electron chi connectivity index (χ4n) is 1.85. The van der Waals surface area contributed by atoms with Gasteiger partial charge < -0.3 is 9.47 Å². The molecular weight excluding hydrogens is 324 g/mol. The highest BCUT2D eigenvalue weighted by Gasteiger charge is 2.58. The number of hydrazine groups is 2. The molecule has 15 heteroatoms. The van der Waals surface area contributed by atoms with Gasteiger partial charge in [0.1, 0.15) is 0 Å². The first-order valence-electron chi connectivity index (χ1n) is 5.78. The molecule has 0 spiro atoms. The molecule has 1 aliphatic heterocycles. The van der Waals surface area contributed by atoms with Crippen LogP contribution in [-0.2, 0) is 19.1 Å². The average molecular weight is 332 g/mol. The molecule has 1 aromatic rings. The first-order valence-corrected chi connectivity index (χ1v) is 5.78. The van der Waals surface area contributed by atoms with Crippen molar-refractivity contribution in [2.24, 2.45) is 0 Å². The molecule has 0 saturated carbocycles. The number of aromatic nitrogens is 2. The maximum atomic E-state index is 11.2.